The van der Waals surface area contributed by atoms with Crippen molar-refractivity contribution in [2.75, 3.05) is 6.61 Å². The molecular weight excluding hydrogens is 388 g/mol. The third kappa shape index (κ3) is 3.85. The maximum Gasteiger partial charge on any atom is 0.297 e. The van der Waals surface area contributed by atoms with Gasteiger partial charge >= 0.3 is 0 Å². The molecule has 0 aromatic heterocycles. The molecule has 3 fully saturated rings. The van der Waals surface area contributed by atoms with E-state index in [9.17, 15) is 8.42 Å². The van der Waals surface area contributed by atoms with Gasteiger partial charge in [-0.05, 0) is 46.8 Å². The molecule has 0 bridgehead atoms. The summed E-state index contributed by atoms with van der Waals surface area (Å²) in [6, 6.07) is 6.46. The predicted molar refractivity (Wildman–Crippen MR) is 96.8 cm³/mol. The molecule has 3 aliphatic heterocycles. The number of benzene rings is 1. The van der Waals surface area contributed by atoms with Gasteiger partial charge in [0, 0.05) is 0 Å². The van der Waals surface area contributed by atoms with Crippen LogP contribution in [0.2, 0.25) is 0 Å². The lowest BCUT2D eigenvalue weighted by Gasteiger charge is -2.36. The SMILES string of the molecule is Cc1ccc(S(=O)(=O)OCC2O[C@H]3OC(C)(C)OC3C3OC(C)(C)O[C@@H]23)cc1. The van der Waals surface area contributed by atoms with Crippen molar-refractivity contribution in [3.05, 3.63) is 29.8 Å². The van der Waals surface area contributed by atoms with Crippen LogP contribution in [0.4, 0.5) is 0 Å². The molecule has 3 heterocycles. The molecule has 0 N–H and O–H groups in total. The Balaban J connectivity index is 1.52. The first-order valence-corrected chi connectivity index (χ1v) is 10.7. The van der Waals surface area contributed by atoms with Crippen molar-refractivity contribution in [3.8, 4) is 0 Å². The van der Waals surface area contributed by atoms with Crippen molar-refractivity contribution in [1.82, 2.24) is 0 Å². The topological polar surface area (TPSA) is 89.5 Å². The van der Waals surface area contributed by atoms with Crippen molar-refractivity contribution in [2.45, 2.75) is 81.8 Å². The molecule has 0 saturated carbocycles. The van der Waals surface area contributed by atoms with E-state index in [1.807, 2.05) is 6.92 Å². The Morgan fingerprint density at radius 3 is 2.14 bits per heavy atom. The van der Waals surface area contributed by atoms with Crippen molar-refractivity contribution in [1.29, 1.82) is 0 Å². The molecular formula is C19H26O8S. The first-order chi connectivity index (χ1) is 13.0. The van der Waals surface area contributed by atoms with Gasteiger partial charge in [-0.2, -0.15) is 8.42 Å². The molecule has 0 spiro atoms. The molecule has 0 radical (unpaired) electrons. The smallest absolute Gasteiger partial charge is 0.297 e. The summed E-state index contributed by atoms with van der Waals surface area (Å²) in [6.45, 7) is 8.83. The molecule has 28 heavy (non-hydrogen) atoms. The van der Waals surface area contributed by atoms with E-state index in [0.717, 1.165) is 5.56 Å². The molecule has 5 atom stereocenters. The van der Waals surface area contributed by atoms with Crippen LogP contribution >= 0.6 is 0 Å². The lowest BCUT2D eigenvalue weighted by Crippen LogP contribution is -2.56. The third-order valence-electron chi connectivity index (χ3n) is 4.95. The zero-order valence-electron chi connectivity index (χ0n) is 16.6. The molecule has 0 amide bonds. The predicted octanol–water partition coefficient (Wildman–Crippen LogP) is 2.10. The van der Waals surface area contributed by atoms with Crippen LogP contribution in [0.25, 0.3) is 0 Å². The highest BCUT2D eigenvalue weighted by Gasteiger charge is 2.60. The summed E-state index contributed by atoms with van der Waals surface area (Å²) in [5.74, 6) is -1.68. The second-order valence-corrected chi connectivity index (χ2v) is 9.87. The molecule has 0 aliphatic carbocycles. The van der Waals surface area contributed by atoms with E-state index in [0.29, 0.717) is 0 Å². The zero-order valence-corrected chi connectivity index (χ0v) is 17.4. The van der Waals surface area contributed by atoms with Crippen LogP contribution in [0.1, 0.15) is 33.3 Å². The van der Waals surface area contributed by atoms with Crippen LogP contribution in [-0.2, 0) is 38.0 Å². The Bertz CT molecular complexity index is 832. The van der Waals surface area contributed by atoms with Crippen molar-refractivity contribution >= 4 is 10.1 Å². The Labute approximate surface area is 165 Å². The van der Waals surface area contributed by atoms with Crippen LogP contribution in [0, 0.1) is 6.92 Å². The average molecular weight is 414 g/mol. The standard InChI is InChI=1S/C19H26O8S/c1-11-6-8-12(9-7-11)28(20,21)22-10-13-14-15(25-18(2,3)24-14)16-17(23-13)27-19(4,5)26-16/h6-9,13-17H,10H2,1-5H3/t13?,14-,15?,16?,17-/m0/s1. The first-order valence-electron chi connectivity index (χ1n) is 9.29. The van der Waals surface area contributed by atoms with Gasteiger partial charge in [-0.1, -0.05) is 17.7 Å². The molecule has 9 heteroatoms. The average Bonchev–Trinajstić information content (AvgIpc) is 3.07. The molecule has 3 saturated heterocycles. The molecule has 1 aromatic carbocycles. The van der Waals surface area contributed by atoms with Gasteiger partial charge in [0.1, 0.15) is 24.4 Å². The lowest BCUT2D eigenvalue weighted by atomic mass is 9.99. The summed E-state index contributed by atoms with van der Waals surface area (Å²) < 4.78 is 60.0. The minimum Gasteiger partial charge on any atom is -0.342 e. The molecule has 1 aromatic rings. The van der Waals surface area contributed by atoms with Gasteiger partial charge in [0.25, 0.3) is 10.1 Å². The fourth-order valence-corrected chi connectivity index (χ4v) is 4.68. The van der Waals surface area contributed by atoms with E-state index in [1.165, 1.54) is 12.1 Å². The van der Waals surface area contributed by atoms with Gasteiger partial charge in [-0.15, -0.1) is 0 Å². The first kappa shape index (κ1) is 20.2. The molecule has 3 aliphatic rings. The lowest BCUT2D eigenvalue weighted by molar-refractivity contribution is -0.238. The van der Waals surface area contributed by atoms with Crippen LogP contribution in [-0.4, -0.2) is 57.3 Å². The van der Waals surface area contributed by atoms with Crippen molar-refractivity contribution < 1.29 is 36.3 Å². The highest BCUT2D eigenvalue weighted by atomic mass is 32.2. The summed E-state index contributed by atoms with van der Waals surface area (Å²) >= 11 is 0. The maximum absolute atomic E-state index is 12.5. The zero-order chi connectivity index (χ0) is 20.3. The van der Waals surface area contributed by atoms with Gasteiger partial charge in [-0.25, -0.2) is 0 Å². The number of hydrogen-bond acceptors (Lipinski definition) is 8. The van der Waals surface area contributed by atoms with E-state index in [-0.39, 0.29) is 11.5 Å². The van der Waals surface area contributed by atoms with E-state index < -0.39 is 52.4 Å². The van der Waals surface area contributed by atoms with Crippen LogP contribution in [0.5, 0.6) is 0 Å². The summed E-state index contributed by atoms with van der Waals surface area (Å²) in [7, 11) is -3.93. The van der Waals surface area contributed by atoms with Crippen LogP contribution in [0.3, 0.4) is 0 Å². The Kier molecular flexibility index (Phi) is 4.86. The number of aryl methyl sites for hydroxylation is 1. The molecule has 4 rings (SSSR count). The van der Waals surface area contributed by atoms with E-state index in [4.69, 9.17) is 27.9 Å². The van der Waals surface area contributed by atoms with Gasteiger partial charge in [0.15, 0.2) is 17.9 Å². The minimum atomic E-state index is -3.93. The van der Waals surface area contributed by atoms with Crippen molar-refractivity contribution in [2.24, 2.45) is 0 Å². The second-order valence-electron chi connectivity index (χ2n) is 8.26. The summed E-state index contributed by atoms with van der Waals surface area (Å²) in [6.07, 6.45) is -2.84. The monoisotopic (exact) mass is 414 g/mol. The Morgan fingerprint density at radius 1 is 0.893 bits per heavy atom. The van der Waals surface area contributed by atoms with Gasteiger partial charge in [0.05, 0.1) is 11.5 Å². The minimum absolute atomic E-state index is 0.0915. The normalized spacial score (nSPS) is 36.1. The number of ether oxygens (including phenoxy) is 5. The van der Waals surface area contributed by atoms with E-state index >= 15 is 0 Å². The van der Waals surface area contributed by atoms with E-state index in [2.05, 4.69) is 0 Å². The Hall–Kier alpha value is -1.07. The van der Waals surface area contributed by atoms with Gasteiger partial charge < -0.3 is 23.7 Å². The van der Waals surface area contributed by atoms with Crippen LogP contribution < -0.4 is 0 Å². The molecule has 3 unspecified atom stereocenters. The summed E-state index contributed by atoms with van der Waals surface area (Å²) in [4.78, 5) is 0.0915. The number of rotatable bonds is 4. The maximum atomic E-state index is 12.5. The summed E-state index contributed by atoms with van der Waals surface area (Å²) in [5.41, 5.74) is 0.961. The second kappa shape index (κ2) is 6.73. The van der Waals surface area contributed by atoms with Crippen molar-refractivity contribution in [3.63, 3.8) is 0 Å². The third-order valence-corrected chi connectivity index (χ3v) is 6.24. The number of fused-ring (bicyclic) bond motifs is 3. The number of hydrogen-bond donors (Lipinski definition) is 0. The highest BCUT2D eigenvalue weighted by molar-refractivity contribution is 7.86. The quantitative estimate of drug-likeness (QED) is 0.692. The largest absolute Gasteiger partial charge is 0.342 e. The van der Waals surface area contributed by atoms with Gasteiger partial charge in [0.2, 0.25) is 0 Å². The Morgan fingerprint density at radius 2 is 1.46 bits per heavy atom. The fourth-order valence-electron chi connectivity index (χ4n) is 3.76. The highest BCUT2D eigenvalue weighted by Crippen LogP contribution is 2.44. The molecule has 8 nitrogen and oxygen atoms in total. The van der Waals surface area contributed by atoms with Crippen LogP contribution in [0.15, 0.2) is 29.2 Å². The van der Waals surface area contributed by atoms with E-state index in [1.54, 1.807) is 39.8 Å². The van der Waals surface area contributed by atoms with Gasteiger partial charge in [-0.3, -0.25) is 4.18 Å². The molecule has 156 valence electrons. The fraction of sp³-hybridized carbons (Fsp3) is 0.684. The summed E-state index contributed by atoms with van der Waals surface area (Å²) in [5, 5.41) is 0.